The van der Waals surface area contributed by atoms with Crippen molar-refractivity contribution >= 4 is 17.7 Å². The molecule has 1 aromatic rings. The number of nitrogens with zero attached hydrogens (tertiary/aromatic N) is 4. The summed E-state index contributed by atoms with van der Waals surface area (Å²) >= 11 is 1.47. The van der Waals surface area contributed by atoms with E-state index in [1.807, 2.05) is 4.68 Å². The van der Waals surface area contributed by atoms with Crippen LogP contribution in [0.1, 0.15) is 57.4 Å². The molecule has 1 heterocycles. The molecule has 3 aliphatic carbocycles. The monoisotopic (exact) mass is 321 g/mol. The first-order valence-electron chi connectivity index (χ1n) is 8.51. The summed E-state index contributed by atoms with van der Waals surface area (Å²) in [4.78, 5) is 12.2. The third-order valence-corrected chi connectivity index (χ3v) is 5.99. The minimum Gasteiger partial charge on any atom is -0.352 e. The fourth-order valence-electron chi connectivity index (χ4n) is 3.55. The van der Waals surface area contributed by atoms with Gasteiger partial charge >= 0.3 is 0 Å². The molecule has 0 saturated heterocycles. The zero-order chi connectivity index (χ0) is 14.9. The molecule has 7 heteroatoms. The predicted octanol–water partition coefficient (Wildman–Crippen LogP) is 2.19. The van der Waals surface area contributed by atoms with Gasteiger partial charge in [0.25, 0.3) is 0 Å². The van der Waals surface area contributed by atoms with Crippen LogP contribution in [-0.2, 0) is 4.79 Å². The van der Waals surface area contributed by atoms with Crippen molar-refractivity contribution in [3.63, 3.8) is 0 Å². The normalized spacial score (nSPS) is 22.4. The van der Waals surface area contributed by atoms with Crippen molar-refractivity contribution in [1.29, 1.82) is 0 Å². The standard InChI is InChI=1S/C15H23N5OS/c21-13(16-14(10-5-6-10)11-7-8-11)9-22-15-17-18-19-20(15)12-3-1-2-4-12/h10-12,14H,1-9H2,(H,16,21). The minimum absolute atomic E-state index is 0.134. The highest BCUT2D eigenvalue weighted by Gasteiger charge is 2.42. The van der Waals surface area contributed by atoms with Gasteiger partial charge in [0, 0.05) is 6.04 Å². The van der Waals surface area contributed by atoms with Crippen LogP contribution in [0.15, 0.2) is 5.16 Å². The molecule has 0 atom stereocenters. The Bertz CT molecular complexity index is 522. The Kier molecular flexibility index (Phi) is 4.07. The summed E-state index contributed by atoms with van der Waals surface area (Å²) in [7, 11) is 0. The molecule has 22 heavy (non-hydrogen) atoms. The van der Waals surface area contributed by atoms with Crippen LogP contribution in [0.25, 0.3) is 0 Å². The lowest BCUT2D eigenvalue weighted by atomic mass is 10.1. The maximum atomic E-state index is 12.2. The van der Waals surface area contributed by atoms with E-state index in [-0.39, 0.29) is 5.91 Å². The SMILES string of the molecule is O=C(CSc1nnnn1C1CCCC1)NC(C1CC1)C1CC1. The average Bonchev–Trinajstić information content (AvgIpc) is 3.43. The molecule has 0 aliphatic heterocycles. The third kappa shape index (κ3) is 3.29. The Morgan fingerprint density at radius 1 is 1.18 bits per heavy atom. The average molecular weight is 321 g/mol. The summed E-state index contributed by atoms with van der Waals surface area (Å²) in [6.07, 6.45) is 9.94. The van der Waals surface area contributed by atoms with Crippen molar-refractivity contribution in [2.45, 2.75) is 68.6 Å². The van der Waals surface area contributed by atoms with Gasteiger partial charge < -0.3 is 5.32 Å². The van der Waals surface area contributed by atoms with Crippen LogP contribution in [0.2, 0.25) is 0 Å². The third-order valence-electron chi connectivity index (χ3n) is 5.05. The molecule has 0 radical (unpaired) electrons. The van der Waals surface area contributed by atoms with E-state index in [0.717, 1.165) is 29.8 Å². The van der Waals surface area contributed by atoms with Gasteiger partial charge in [-0.15, -0.1) is 5.10 Å². The van der Waals surface area contributed by atoms with Crippen LogP contribution in [0.5, 0.6) is 0 Å². The van der Waals surface area contributed by atoms with E-state index in [0.29, 0.717) is 17.8 Å². The molecule has 3 fully saturated rings. The molecule has 1 amide bonds. The van der Waals surface area contributed by atoms with Gasteiger partial charge in [-0.25, -0.2) is 4.68 Å². The van der Waals surface area contributed by atoms with Crippen LogP contribution >= 0.6 is 11.8 Å². The fraction of sp³-hybridized carbons (Fsp3) is 0.867. The van der Waals surface area contributed by atoms with Crippen LogP contribution < -0.4 is 5.32 Å². The van der Waals surface area contributed by atoms with E-state index >= 15 is 0 Å². The van der Waals surface area contributed by atoms with Crippen LogP contribution in [0.3, 0.4) is 0 Å². The number of aromatic nitrogens is 4. The Morgan fingerprint density at radius 2 is 1.86 bits per heavy atom. The highest BCUT2D eigenvalue weighted by molar-refractivity contribution is 7.99. The first-order valence-corrected chi connectivity index (χ1v) is 9.50. The van der Waals surface area contributed by atoms with E-state index < -0.39 is 0 Å². The number of tetrazole rings is 1. The van der Waals surface area contributed by atoms with Gasteiger partial charge in [0.2, 0.25) is 11.1 Å². The zero-order valence-corrected chi connectivity index (χ0v) is 13.6. The van der Waals surface area contributed by atoms with Gasteiger partial charge in [-0.1, -0.05) is 24.6 Å². The highest BCUT2D eigenvalue weighted by Crippen LogP contribution is 2.44. The molecular weight excluding hydrogens is 298 g/mol. The quantitative estimate of drug-likeness (QED) is 0.779. The minimum atomic E-state index is 0.134. The number of carbonyl (C=O) groups excluding carboxylic acids is 1. The number of hydrogen-bond donors (Lipinski definition) is 1. The number of thioether (sulfide) groups is 1. The Labute approximate surface area is 134 Å². The number of rotatable bonds is 7. The first kappa shape index (κ1) is 14.5. The maximum absolute atomic E-state index is 12.2. The van der Waals surface area contributed by atoms with E-state index in [4.69, 9.17) is 0 Å². The second kappa shape index (κ2) is 6.18. The molecule has 1 aromatic heterocycles. The topological polar surface area (TPSA) is 72.7 Å². The summed E-state index contributed by atoms with van der Waals surface area (Å²) in [5.41, 5.74) is 0. The molecule has 0 aromatic carbocycles. The summed E-state index contributed by atoms with van der Waals surface area (Å²) in [6, 6.07) is 0.852. The summed E-state index contributed by atoms with van der Waals surface area (Å²) in [5.74, 6) is 2.04. The molecule has 3 aliphatic rings. The number of hydrogen-bond acceptors (Lipinski definition) is 5. The summed E-state index contributed by atoms with van der Waals surface area (Å²) in [6.45, 7) is 0. The molecule has 6 nitrogen and oxygen atoms in total. The lowest BCUT2D eigenvalue weighted by Crippen LogP contribution is -2.39. The summed E-state index contributed by atoms with van der Waals surface area (Å²) in [5, 5.41) is 16.0. The molecule has 3 saturated carbocycles. The smallest absolute Gasteiger partial charge is 0.230 e. The molecule has 0 spiro atoms. The van der Waals surface area contributed by atoms with Gasteiger partial charge in [-0.3, -0.25) is 4.79 Å². The summed E-state index contributed by atoms with van der Waals surface area (Å²) < 4.78 is 1.92. The number of amides is 1. The molecule has 0 bridgehead atoms. The largest absolute Gasteiger partial charge is 0.352 e. The Morgan fingerprint density at radius 3 is 2.50 bits per heavy atom. The number of carbonyl (C=O) groups is 1. The Hall–Kier alpha value is -1.11. The van der Waals surface area contributed by atoms with Gasteiger partial charge in [-0.05, 0) is 60.8 Å². The van der Waals surface area contributed by atoms with Crippen LogP contribution in [-0.4, -0.2) is 37.9 Å². The van der Waals surface area contributed by atoms with E-state index in [9.17, 15) is 4.79 Å². The molecular formula is C15H23N5OS. The lowest BCUT2D eigenvalue weighted by Gasteiger charge is -2.17. The maximum Gasteiger partial charge on any atom is 0.230 e. The molecule has 120 valence electrons. The predicted molar refractivity (Wildman–Crippen MR) is 83.4 cm³/mol. The second-order valence-electron chi connectivity index (χ2n) is 6.90. The van der Waals surface area contributed by atoms with E-state index in [2.05, 4.69) is 20.8 Å². The number of nitrogens with one attached hydrogen (secondary N) is 1. The van der Waals surface area contributed by atoms with Crippen molar-refractivity contribution < 1.29 is 4.79 Å². The highest BCUT2D eigenvalue weighted by atomic mass is 32.2. The Balaban J connectivity index is 1.30. The van der Waals surface area contributed by atoms with Crippen LogP contribution in [0.4, 0.5) is 0 Å². The first-order chi connectivity index (χ1) is 10.8. The van der Waals surface area contributed by atoms with Crippen molar-refractivity contribution in [3.8, 4) is 0 Å². The van der Waals surface area contributed by atoms with E-state index in [1.165, 1.54) is 50.3 Å². The van der Waals surface area contributed by atoms with Crippen molar-refractivity contribution in [2.24, 2.45) is 11.8 Å². The van der Waals surface area contributed by atoms with Gasteiger partial charge in [-0.2, -0.15) is 0 Å². The lowest BCUT2D eigenvalue weighted by molar-refractivity contribution is -0.119. The molecule has 1 N–H and O–H groups in total. The van der Waals surface area contributed by atoms with Crippen molar-refractivity contribution in [2.75, 3.05) is 5.75 Å². The fourth-order valence-corrected chi connectivity index (χ4v) is 4.30. The second-order valence-corrected chi connectivity index (χ2v) is 7.84. The zero-order valence-electron chi connectivity index (χ0n) is 12.8. The van der Waals surface area contributed by atoms with Crippen LogP contribution in [0, 0.1) is 11.8 Å². The van der Waals surface area contributed by atoms with Crippen molar-refractivity contribution in [3.05, 3.63) is 0 Å². The molecule has 0 unspecified atom stereocenters. The van der Waals surface area contributed by atoms with Gasteiger partial charge in [0.1, 0.15) is 0 Å². The van der Waals surface area contributed by atoms with Crippen molar-refractivity contribution in [1.82, 2.24) is 25.5 Å². The van der Waals surface area contributed by atoms with E-state index in [1.54, 1.807) is 0 Å². The molecule has 4 rings (SSSR count). The van der Waals surface area contributed by atoms with Gasteiger partial charge in [0.05, 0.1) is 11.8 Å². The van der Waals surface area contributed by atoms with Gasteiger partial charge in [0.15, 0.2) is 0 Å².